The Balaban J connectivity index is 2.93. The van der Waals surface area contributed by atoms with Crippen molar-refractivity contribution in [3.8, 4) is 0 Å². The number of nitrogens with two attached hydrogens (primary N) is 1. The van der Waals surface area contributed by atoms with Crippen LogP contribution in [0.2, 0.25) is 0 Å². The molecule has 2 heterocycles. The van der Waals surface area contributed by atoms with Crippen LogP contribution in [0.25, 0.3) is 11.0 Å². The summed E-state index contributed by atoms with van der Waals surface area (Å²) < 4.78 is 4.01. The summed E-state index contributed by atoms with van der Waals surface area (Å²) in [5.41, 5.74) is 7.06. The van der Waals surface area contributed by atoms with Gasteiger partial charge in [0.15, 0.2) is 0 Å². The lowest BCUT2D eigenvalue weighted by atomic mass is 10.5. The number of fused-ring (bicyclic) bond motifs is 1. The van der Waals surface area contributed by atoms with Crippen LogP contribution in [0.15, 0.2) is 12.5 Å². The summed E-state index contributed by atoms with van der Waals surface area (Å²) in [5, 5.41) is 0.650. The molecule has 50 valence electrons. The zero-order valence-electron chi connectivity index (χ0n) is 4.98. The van der Waals surface area contributed by atoms with Crippen LogP contribution in [0.4, 0.5) is 5.00 Å². The molecule has 4 nitrogen and oxygen atoms in total. The van der Waals surface area contributed by atoms with Crippen LogP contribution in [0.5, 0.6) is 0 Å². The molecule has 0 saturated heterocycles. The highest BCUT2D eigenvalue weighted by atomic mass is 32.1. The molecule has 0 unspecified atom stereocenters. The second-order valence-corrected chi connectivity index (χ2v) is 2.61. The smallest absolute Gasteiger partial charge is 0.133 e. The Hall–Kier alpha value is -1.23. The average molecular weight is 152 g/mol. The van der Waals surface area contributed by atoms with Gasteiger partial charge in [-0.05, 0) is 11.5 Å². The second-order valence-electron chi connectivity index (χ2n) is 1.80. The van der Waals surface area contributed by atoms with Gasteiger partial charge in [0.05, 0.1) is 6.20 Å². The Morgan fingerprint density at radius 3 is 3.20 bits per heavy atom. The van der Waals surface area contributed by atoms with Gasteiger partial charge in [-0.2, -0.15) is 4.37 Å². The van der Waals surface area contributed by atoms with E-state index in [-0.39, 0.29) is 0 Å². The lowest BCUT2D eigenvalue weighted by Gasteiger charge is -1.83. The van der Waals surface area contributed by atoms with Crippen LogP contribution in [0.3, 0.4) is 0 Å². The molecule has 0 spiro atoms. The molecule has 0 aliphatic rings. The van der Waals surface area contributed by atoms with Crippen LogP contribution in [0, 0.1) is 0 Å². The van der Waals surface area contributed by atoms with Crippen molar-refractivity contribution >= 4 is 27.6 Å². The van der Waals surface area contributed by atoms with E-state index >= 15 is 0 Å². The zero-order valence-corrected chi connectivity index (χ0v) is 5.80. The highest BCUT2D eigenvalue weighted by molar-refractivity contribution is 7.11. The molecule has 0 aliphatic carbocycles. The molecule has 0 fully saturated rings. The average Bonchev–Trinajstić information content (AvgIpc) is 2.34. The molecule has 2 aromatic rings. The van der Waals surface area contributed by atoms with Gasteiger partial charge in [0.25, 0.3) is 0 Å². The fourth-order valence-electron chi connectivity index (χ4n) is 0.721. The molecule has 2 aromatic heterocycles. The second kappa shape index (κ2) is 1.88. The molecular formula is C5H4N4S. The molecule has 0 aliphatic heterocycles. The first-order chi connectivity index (χ1) is 4.88. The lowest BCUT2D eigenvalue weighted by Crippen LogP contribution is -1.82. The summed E-state index contributed by atoms with van der Waals surface area (Å²) in [4.78, 5) is 7.76. The van der Waals surface area contributed by atoms with E-state index in [9.17, 15) is 0 Å². The number of aromatic nitrogens is 3. The molecule has 2 rings (SSSR count). The van der Waals surface area contributed by atoms with Gasteiger partial charge in [-0.1, -0.05) is 0 Å². The third kappa shape index (κ3) is 0.640. The van der Waals surface area contributed by atoms with E-state index in [1.807, 2.05) is 0 Å². The van der Waals surface area contributed by atoms with Crippen molar-refractivity contribution < 1.29 is 0 Å². The standard InChI is InChI=1S/C5H4N4S/c6-5-4-3(9-10-5)1-7-2-8-4/h1-2H,6H2. The third-order valence-electron chi connectivity index (χ3n) is 1.17. The van der Waals surface area contributed by atoms with Gasteiger partial charge in [-0.15, -0.1) is 0 Å². The fourth-order valence-corrected chi connectivity index (χ4v) is 1.29. The van der Waals surface area contributed by atoms with Crippen molar-refractivity contribution in [3.05, 3.63) is 12.5 Å². The predicted octanol–water partition coefficient (Wildman–Crippen LogP) is 0.668. The highest BCUT2D eigenvalue weighted by Gasteiger charge is 2.00. The van der Waals surface area contributed by atoms with E-state index < -0.39 is 0 Å². The fraction of sp³-hybridized carbons (Fsp3) is 0. The Labute approximate surface area is 60.9 Å². The first-order valence-corrected chi connectivity index (χ1v) is 3.46. The summed E-state index contributed by atoms with van der Waals surface area (Å²) in [7, 11) is 0. The first-order valence-electron chi connectivity index (χ1n) is 2.69. The summed E-state index contributed by atoms with van der Waals surface area (Å²) in [6.45, 7) is 0. The Morgan fingerprint density at radius 1 is 1.50 bits per heavy atom. The maximum absolute atomic E-state index is 5.54. The van der Waals surface area contributed by atoms with Crippen molar-refractivity contribution in [2.24, 2.45) is 0 Å². The summed E-state index contributed by atoms with van der Waals surface area (Å²) >= 11 is 1.24. The molecule has 2 N–H and O–H groups in total. The van der Waals surface area contributed by atoms with Crippen molar-refractivity contribution in [2.45, 2.75) is 0 Å². The summed E-state index contributed by atoms with van der Waals surface area (Å²) in [6.07, 6.45) is 3.11. The maximum Gasteiger partial charge on any atom is 0.133 e. The van der Waals surface area contributed by atoms with Crippen LogP contribution in [0.1, 0.15) is 0 Å². The van der Waals surface area contributed by atoms with Gasteiger partial charge in [0, 0.05) is 0 Å². The summed E-state index contributed by atoms with van der Waals surface area (Å²) in [6, 6.07) is 0. The van der Waals surface area contributed by atoms with E-state index in [1.54, 1.807) is 6.20 Å². The zero-order chi connectivity index (χ0) is 6.97. The molecule has 0 saturated carbocycles. The van der Waals surface area contributed by atoms with E-state index in [1.165, 1.54) is 17.9 Å². The number of hydrogen-bond acceptors (Lipinski definition) is 5. The lowest BCUT2D eigenvalue weighted by molar-refractivity contribution is 1.22. The minimum absolute atomic E-state index is 0.650. The summed E-state index contributed by atoms with van der Waals surface area (Å²) in [5.74, 6) is 0. The Bertz CT molecular complexity index is 355. The van der Waals surface area contributed by atoms with Crippen LogP contribution in [-0.2, 0) is 0 Å². The van der Waals surface area contributed by atoms with Gasteiger partial charge in [-0.25, -0.2) is 9.97 Å². The Morgan fingerprint density at radius 2 is 2.40 bits per heavy atom. The van der Waals surface area contributed by atoms with Gasteiger partial charge in [-0.3, -0.25) is 0 Å². The van der Waals surface area contributed by atoms with E-state index in [0.717, 1.165) is 11.0 Å². The monoisotopic (exact) mass is 152 g/mol. The van der Waals surface area contributed by atoms with Crippen molar-refractivity contribution in [2.75, 3.05) is 5.73 Å². The molecule has 0 aromatic carbocycles. The minimum Gasteiger partial charge on any atom is -0.388 e. The SMILES string of the molecule is Nc1snc2cncnc12. The van der Waals surface area contributed by atoms with Crippen LogP contribution >= 0.6 is 11.5 Å². The number of hydrogen-bond donors (Lipinski definition) is 1. The highest BCUT2D eigenvalue weighted by Crippen LogP contribution is 2.19. The van der Waals surface area contributed by atoms with Crippen molar-refractivity contribution in [1.29, 1.82) is 0 Å². The van der Waals surface area contributed by atoms with Crippen LogP contribution in [-0.4, -0.2) is 14.3 Å². The van der Waals surface area contributed by atoms with Gasteiger partial charge in [0.2, 0.25) is 0 Å². The quantitative estimate of drug-likeness (QED) is 0.602. The number of nitrogens with zero attached hydrogens (tertiary/aromatic N) is 3. The van der Waals surface area contributed by atoms with Crippen LogP contribution < -0.4 is 5.73 Å². The molecular weight excluding hydrogens is 148 g/mol. The van der Waals surface area contributed by atoms with Gasteiger partial charge >= 0.3 is 0 Å². The normalized spacial score (nSPS) is 10.4. The van der Waals surface area contributed by atoms with Gasteiger partial charge < -0.3 is 5.73 Å². The predicted molar refractivity (Wildman–Crippen MR) is 39.6 cm³/mol. The minimum atomic E-state index is 0.650. The molecule has 10 heavy (non-hydrogen) atoms. The van der Waals surface area contributed by atoms with E-state index in [2.05, 4.69) is 14.3 Å². The molecule has 0 radical (unpaired) electrons. The molecule has 0 atom stereocenters. The van der Waals surface area contributed by atoms with Crippen molar-refractivity contribution in [3.63, 3.8) is 0 Å². The van der Waals surface area contributed by atoms with E-state index in [4.69, 9.17) is 5.73 Å². The van der Waals surface area contributed by atoms with Crippen molar-refractivity contribution in [1.82, 2.24) is 14.3 Å². The number of rotatable bonds is 0. The molecule has 0 amide bonds. The third-order valence-corrected chi connectivity index (χ3v) is 1.85. The Kier molecular flexibility index (Phi) is 1.04. The first kappa shape index (κ1) is 5.55. The number of anilines is 1. The van der Waals surface area contributed by atoms with Gasteiger partial charge in [0.1, 0.15) is 22.4 Å². The largest absolute Gasteiger partial charge is 0.388 e. The number of nitrogen functional groups attached to an aromatic ring is 1. The van der Waals surface area contributed by atoms with E-state index in [0.29, 0.717) is 5.00 Å². The topological polar surface area (TPSA) is 64.7 Å². The molecule has 5 heteroatoms. The molecule has 0 bridgehead atoms. The maximum atomic E-state index is 5.54.